The maximum atomic E-state index is 9.20. The molecule has 0 spiro atoms. The van der Waals surface area contributed by atoms with E-state index in [9.17, 15) is 5.26 Å². The summed E-state index contributed by atoms with van der Waals surface area (Å²) in [6.07, 6.45) is 1.75. The van der Waals surface area contributed by atoms with Gasteiger partial charge in [0.05, 0.1) is 24.0 Å². The lowest BCUT2D eigenvalue weighted by Crippen LogP contribution is -2.10. The summed E-state index contributed by atoms with van der Waals surface area (Å²) in [6, 6.07) is 15.4. The van der Waals surface area contributed by atoms with Gasteiger partial charge in [-0.1, -0.05) is 6.07 Å². The molecule has 0 aliphatic carbocycles. The highest BCUT2D eigenvalue weighted by Crippen LogP contribution is 2.20. The summed E-state index contributed by atoms with van der Waals surface area (Å²) in [5, 5.41) is 9.20. The van der Waals surface area contributed by atoms with E-state index in [1.165, 1.54) is 0 Å². The van der Waals surface area contributed by atoms with Crippen molar-refractivity contribution in [1.29, 1.82) is 5.26 Å². The summed E-state index contributed by atoms with van der Waals surface area (Å²) in [5.74, 6) is 0.802. The van der Waals surface area contributed by atoms with E-state index in [1.54, 1.807) is 13.3 Å². The van der Waals surface area contributed by atoms with E-state index in [-0.39, 0.29) is 0 Å². The number of benzene rings is 2. The van der Waals surface area contributed by atoms with Crippen LogP contribution >= 0.6 is 0 Å². The molecule has 106 valence electrons. The number of hydrogen-bond donors (Lipinski definition) is 0. The molecule has 0 amide bonds. The lowest BCUT2D eigenvalue weighted by molar-refractivity contribution is 0.415. The topological polar surface area (TPSA) is 48.6 Å². The van der Waals surface area contributed by atoms with Crippen molar-refractivity contribution in [1.82, 2.24) is 0 Å². The normalized spacial score (nSPS) is 10.4. The third kappa shape index (κ3) is 3.61. The van der Waals surface area contributed by atoms with E-state index in [0.717, 1.165) is 22.7 Å². The summed E-state index contributed by atoms with van der Waals surface area (Å²) in [7, 11) is 5.47. The average Bonchev–Trinajstić information content (AvgIpc) is 2.52. The van der Waals surface area contributed by atoms with Gasteiger partial charge < -0.3 is 9.64 Å². The first-order valence-electron chi connectivity index (χ1n) is 6.53. The van der Waals surface area contributed by atoms with Crippen LogP contribution in [0.2, 0.25) is 0 Å². The Balaban J connectivity index is 2.22. The van der Waals surface area contributed by atoms with Crippen LogP contribution in [-0.4, -0.2) is 27.4 Å². The van der Waals surface area contributed by atoms with Crippen LogP contribution < -0.4 is 9.64 Å². The molecule has 4 heteroatoms. The fourth-order valence-electron chi connectivity index (χ4n) is 1.93. The molecule has 0 bridgehead atoms. The minimum atomic E-state index is 0.638. The average molecular weight is 279 g/mol. The SMILES string of the molecule is COc1ccc(N=Cc2ccc(N(C)C)c(C#N)c2)cc1. The molecule has 0 heterocycles. The zero-order valence-electron chi connectivity index (χ0n) is 12.4. The minimum Gasteiger partial charge on any atom is -0.497 e. The maximum Gasteiger partial charge on any atom is 0.119 e. The number of anilines is 1. The van der Waals surface area contributed by atoms with E-state index < -0.39 is 0 Å². The maximum absolute atomic E-state index is 9.20. The second-order valence-corrected chi connectivity index (χ2v) is 4.74. The first kappa shape index (κ1) is 14.6. The van der Waals surface area contributed by atoms with Gasteiger partial charge in [0.15, 0.2) is 0 Å². The summed E-state index contributed by atoms with van der Waals surface area (Å²) >= 11 is 0. The Bertz CT molecular complexity index is 682. The Morgan fingerprint density at radius 1 is 1.14 bits per heavy atom. The molecule has 0 radical (unpaired) electrons. The molecular formula is C17H17N3O. The number of methoxy groups -OCH3 is 1. The predicted octanol–water partition coefficient (Wildman–Crippen LogP) is 3.38. The van der Waals surface area contributed by atoms with Crippen molar-refractivity contribution in [2.75, 3.05) is 26.1 Å². The molecule has 0 aromatic heterocycles. The highest BCUT2D eigenvalue weighted by atomic mass is 16.5. The molecule has 0 fully saturated rings. The first-order chi connectivity index (χ1) is 10.1. The molecule has 0 saturated heterocycles. The van der Waals surface area contributed by atoms with Crippen LogP contribution in [0.1, 0.15) is 11.1 Å². The second kappa shape index (κ2) is 6.58. The molecule has 0 N–H and O–H groups in total. The van der Waals surface area contributed by atoms with Crippen molar-refractivity contribution >= 4 is 17.6 Å². The predicted molar refractivity (Wildman–Crippen MR) is 85.7 cm³/mol. The molecule has 2 aromatic carbocycles. The molecule has 0 atom stereocenters. The van der Waals surface area contributed by atoms with Gasteiger partial charge in [-0.2, -0.15) is 5.26 Å². The van der Waals surface area contributed by atoms with Crippen LogP contribution in [0.3, 0.4) is 0 Å². The van der Waals surface area contributed by atoms with Gasteiger partial charge in [0, 0.05) is 20.3 Å². The van der Waals surface area contributed by atoms with Gasteiger partial charge in [-0.3, -0.25) is 4.99 Å². The molecule has 0 aliphatic rings. The molecule has 4 nitrogen and oxygen atoms in total. The zero-order valence-corrected chi connectivity index (χ0v) is 12.4. The number of aliphatic imine (C=N–C) groups is 1. The van der Waals surface area contributed by atoms with Crippen LogP contribution in [0.25, 0.3) is 0 Å². The van der Waals surface area contributed by atoms with E-state index in [0.29, 0.717) is 5.56 Å². The number of rotatable bonds is 4. The fourth-order valence-corrected chi connectivity index (χ4v) is 1.93. The van der Waals surface area contributed by atoms with Crippen LogP contribution in [0.4, 0.5) is 11.4 Å². The minimum absolute atomic E-state index is 0.638. The summed E-state index contributed by atoms with van der Waals surface area (Å²) in [5.41, 5.74) is 3.27. The molecule has 21 heavy (non-hydrogen) atoms. The molecule has 0 saturated carbocycles. The van der Waals surface area contributed by atoms with Crippen molar-refractivity contribution in [3.05, 3.63) is 53.6 Å². The summed E-state index contributed by atoms with van der Waals surface area (Å²) in [4.78, 5) is 6.32. The number of ether oxygens (including phenoxy) is 1. The molecule has 2 aromatic rings. The number of nitriles is 1. The first-order valence-corrected chi connectivity index (χ1v) is 6.53. The van der Waals surface area contributed by atoms with Gasteiger partial charge in [-0.05, 0) is 42.0 Å². The second-order valence-electron chi connectivity index (χ2n) is 4.74. The standard InChI is InChI=1S/C17H17N3O/c1-20(2)17-9-4-13(10-14(17)11-18)12-19-15-5-7-16(21-3)8-6-15/h4-10,12H,1-3H3. The van der Waals surface area contributed by atoms with Crippen molar-refractivity contribution in [3.63, 3.8) is 0 Å². The van der Waals surface area contributed by atoms with Crippen LogP contribution in [0.15, 0.2) is 47.5 Å². The third-order valence-corrected chi connectivity index (χ3v) is 3.06. The Hall–Kier alpha value is -2.80. The van der Waals surface area contributed by atoms with Crippen LogP contribution in [-0.2, 0) is 0 Å². The third-order valence-electron chi connectivity index (χ3n) is 3.06. The van der Waals surface area contributed by atoms with E-state index >= 15 is 0 Å². The largest absolute Gasteiger partial charge is 0.497 e. The Morgan fingerprint density at radius 3 is 2.43 bits per heavy atom. The van der Waals surface area contributed by atoms with Gasteiger partial charge in [0.25, 0.3) is 0 Å². The smallest absolute Gasteiger partial charge is 0.119 e. The fraction of sp³-hybridized carbons (Fsp3) is 0.176. The van der Waals surface area contributed by atoms with Crippen molar-refractivity contribution in [2.45, 2.75) is 0 Å². The number of hydrogen-bond acceptors (Lipinski definition) is 4. The number of nitrogens with zero attached hydrogens (tertiary/aromatic N) is 3. The van der Waals surface area contributed by atoms with E-state index in [1.807, 2.05) is 61.5 Å². The van der Waals surface area contributed by atoms with Crippen LogP contribution in [0, 0.1) is 11.3 Å². The van der Waals surface area contributed by atoms with Gasteiger partial charge in [0.1, 0.15) is 11.8 Å². The molecule has 2 rings (SSSR count). The van der Waals surface area contributed by atoms with Gasteiger partial charge in [-0.15, -0.1) is 0 Å². The zero-order chi connectivity index (χ0) is 15.2. The van der Waals surface area contributed by atoms with Crippen molar-refractivity contribution in [2.24, 2.45) is 4.99 Å². The van der Waals surface area contributed by atoms with Gasteiger partial charge in [-0.25, -0.2) is 0 Å². The Morgan fingerprint density at radius 2 is 1.86 bits per heavy atom. The van der Waals surface area contributed by atoms with Gasteiger partial charge >= 0.3 is 0 Å². The molecular weight excluding hydrogens is 262 g/mol. The quantitative estimate of drug-likeness (QED) is 0.806. The monoisotopic (exact) mass is 279 g/mol. The molecule has 0 unspecified atom stereocenters. The Labute approximate surface area is 124 Å². The molecule has 0 aliphatic heterocycles. The lowest BCUT2D eigenvalue weighted by Gasteiger charge is -2.14. The summed E-state index contributed by atoms with van der Waals surface area (Å²) < 4.78 is 5.11. The van der Waals surface area contributed by atoms with Crippen LogP contribution in [0.5, 0.6) is 5.75 Å². The highest BCUT2D eigenvalue weighted by Gasteiger charge is 2.04. The Kier molecular flexibility index (Phi) is 4.57. The van der Waals surface area contributed by atoms with E-state index in [2.05, 4.69) is 11.1 Å². The van der Waals surface area contributed by atoms with Gasteiger partial charge in [0.2, 0.25) is 0 Å². The van der Waals surface area contributed by atoms with Crippen molar-refractivity contribution < 1.29 is 4.74 Å². The highest BCUT2D eigenvalue weighted by molar-refractivity contribution is 5.84. The van der Waals surface area contributed by atoms with Crippen molar-refractivity contribution in [3.8, 4) is 11.8 Å². The van der Waals surface area contributed by atoms with E-state index in [4.69, 9.17) is 4.74 Å². The lowest BCUT2D eigenvalue weighted by atomic mass is 10.1. The summed E-state index contributed by atoms with van der Waals surface area (Å²) in [6.45, 7) is 0.